The first-order valence-electron chi connectivity index (χ1n) is 9.34. The number of carbonyl (C=O) groups excluding carboxylic acids is 1. The number of nitrogens with zero attached hydrogens (tertiary/aromatic N) is 2. The number of amides is 1. The Kier molecular flexibility index (Phi) is 5.15. The summed E-state index contributed by atoms with van der Waals surface area (Å²) in [6.07, 6.45) is 0.357. The summed E-state index contributed by atoms with van der Waals surface area (Å²) in [7, 11) is 0. The SMILES string of the molecule is Cc1cc2c(c(-c3cnccn3)c1)OC(CNC(=O)c1ccccc1C(F)(F)F)C2. The lowest BCUT2D eigenvalue weighted by molar-refractivity contribution is -0.137. The van der Waals surface area contributed by atoms with Crippen LogP contribution in [0.1, 0.15) is 27.0 Å². The Morgan fingerprint density at radius 1 is 1.23 bits per heavy atom. The second-order valence-corrected chi connectivity index (χ2v) is 7.09. The molecular weight excluding hydrogens is 395 g/mol. The highest BCUT2D eigenvalue weighted by atomic mass is 19.4. The molecule has 0 saturated heterocycles. The third kappa shape index (κ3) is 3.98. The van der Waals surface area contributed by atoms with E-state index in [2.05, 4.69) is 15.3 Å². The van der Waals surface area contributed by atoms with Crippen molar-refractivity contribution in [2.45, 2.75) is 25.6 Å². The van der Waals surface area contributed by atoms with Crippen molar-refractivity contribution >= 4 is 5.91 Å². The van der Waals surface area contributed by atoms with E-state index >= 15 is 0 Å². The van der Waals surface area contributed by atoms with Crippen molar-refractivity contribution in [3.63, 3.8) is 0 Å². The minimum absolute atomic E-state index is 0.0820. The van der Waals surface area contributed by atoms with Crippen molar-refractivity contribution < 1.29 is 22.7 Å². The zero-order chi connectivity index (χ0) is 21.3. The maximum Gasteiger partial charge on any atom is 0.417 e. The molecule has 4 rings (SSSR count). The first kappa shape index (κ1) is 19.9. The lowest BCUT2D eigenvalue weighted by Gasteiger charge is -2.15. The molecule has 1 aliphatic heterocycles. The van der Waals surface area contributed by atoms with Crippen LogP contribution in [0, 0.1) is 6.92 Å². The number of aryl methyl sites for hydroxylation is 1. The Bertz CT molecular complexity index is 1080. The molecule has 2 aromatic carbocycles. The molecule has 0 aliphatic carbocycles. The number of rotatable bonds is 4. The molecule has 1 aromatic heterocycles. The predicted molar refractivity (Wildman–Crippen MR) is 104 cm³/mol. The van der Waals surface area contributed by atoms with E-state index in [1.807, 2.05) is 19.1 Å². The second-order valence-electron chi connectivity index (χ2n) is 7.09. The Morgan fingerprint density at radius 2 is 2.03 bits per heavy atom. The summed E-state index contributed by atoms with van der Waals surface area (Å²) in [6, 6.07) is 8.67. The van der Waals surface area contributed by atoms with Crippen LogP contribution in [0.25, 0.3) is 11.3 Å². The summed E-state index contributed by atoms with van der Waals surface area (Å²) in [6.45, 7) is 2.04. The number of nitrogens with one attached hydrogen (secondary N) is 1. The number of hydrogen-bond donors (Lipinski definition) is 1. The van der Waals surface area contributed by atoms with Crippen LogP contribution in [0.2, 0.25) is 0 Å². The summed E-state index contributed by atoms with van der Waals surface area (Å²) < 4.78 is 45.5. The Morgan fingerprint density at radius 3 is 2.77 bits per heavy atom. The van der Waals surface area contributed by atoms with E-state index in [-0.39, 0.29) is 12.6 Å². The number of alkyl halides is 3. The minimum atomic E-state index is -4.60. The number of aromatic nitrogens is 2. The van der Waals surface area contributed by atoms with Crippen molar-refractivity contribution in [3.05, 3.63) is 77.2 Å². The monoisotopic (exact) mass is 413 g/mol. The highest BCUT2D eigenvalue weighted by Gasteiger charge is 2.35. The first-order chi connectivity index (χ1) is 14.3. The van der Waals surface area contributed by atoms with Gasteiger partial charge in [-0.2, -0.15) is 13.2 Å². The van der Waals surface area contributed by atoms with E-state index in [1.165, 1.54) is 12.1 Å². The van der Waals surface area contributed by atoms with Gasteiger partial charge >= 0.3 is 6.18 Å². The third-order valence-corrected chi connectivity index (χ3v) is 4.85. The first-order valence-corrected chi connectivity index (χ1v) is 9.34. The average molecular weight is 413 g/mol. The molecule has 5 nitrogen and oxygen atoms in total. The van der Waals surface area contributed by atoms with Crippen LogP contribution in [0.3, 0.4) is 0 Å². The molecule has 0 spiro atoms. The fourth-order valence-corrected chi connectivity index (χ4v) is 3.56. The molecule has 0 fully saturated rings. The molecule has 1 unspecified atom stereocenters. The predicted octanol–water partition coefficient (Wildman–Crippen LogP) is 4.20. The van der Waals surface area contributed by atoms with Crippen LogP contribution in [-0.4, -0.2) is 28.5 Å². The highest BCUT2D eigenvalue weighted by Crippen LogP contribution is 2.39. The van der Waals surface area contributed by atoms with E-state index in [9.17, 15) is 18.0 Å². The molecule has 2 heterocycles. The van der Waals surface area contributed by atoms with Crippen LogP contribution in [0.15, 0.2) is 55.0 Å². The van der Waals surface area contributed by atoms with Crippen LogP contribution in [0.4, 0.5) is 13.2 Å². The van der Waals surface area contributed by atoms with Crippen molar-refractivity contribution in [1.82, 2.24) is 15.3 Å². The molecule has 30 heavy (non-hydrogen) atoms. The zero-order valence-electron chi connectivity index (χ0n) is 16.0. The van der Waals surface area contributed by atoms with Crippen molar-refractivity contribution in [2.24, 2.45) is 0 Å². The number of carbonyl (C=O) groups is 1. The van der Waals surface area contributed by atoms with Crippen LogP contribution in [0.5, 0.6) is 5.75 Å². The van der Waals surface area contributed by atoms with Crippen molar-refractivity contribution in [1.29, 1.82) is 0 Å². The standard InChI is InChI=1S/C22H18F3N3O2/c1-13-8-14-10-15(30-20(14)17(9-13)19-12-26-6-7-27-19)11-28-21(29)16-4-2-3-5-18(16)22(23,24)25/h2-9,12,15H,10-11H2,1H3,(H,28,29). The van der Waals surface area contributed by atoms with Gasteiger partial charge in [0.2, 0.25) is 0 Å². The molecule has 1 aliphatic rings. The van der Waals surface area contributed by atoms with Gasteiger partial charge in [-0.25, -0.2) is 0 Å². The molecule has 0 bridgehead atoms. The quantitative estimate of drug-likeness (QED) is 0.696. The van der Waals surface area contributed by atoms with Gasteiger partial charge in [-0.15, -0.1) is 0 Å². The number of fused-ring (bicyclic) bond motifs is 1. The van der Waals surface area contributed by atoms with Crippen LogP contribution in [-0.2, 0) is 12.6 Å². The van der Waals surface area contributed by atoms with Crippen LogP contribution >= 0.6 is 0 Å². The molecular formula is C22H18F3N3O2. The largest absolute Gasteiger partial charge is 0.487 e. The molecule has 8 heteroatoms. The maximum absolute atomic E-state index is 13.2. The van der Waals surface area contributed by atoms with Gasteiger partial charge in [-0.05, 0) is 36.2 Å². The fraction of sp³-hybridized carbons (Fsp3) is 0.227. The minimum Gasteiger partial charge on any atom is -0.487 e. The Balaban J connectivity index is 1.50. The molecule has 1 atom stereocenters. The van der Waals surface area contributed by atoms with E-state index in [0.29, 0.717) is 17.9 Å². The second kappa shape index (κ2) is 7.78. The molecule has 1 amide bonds. The average Bonchev–Trinajstić information content (AvgIpc) is 3.14. The highest BCUT2D eigenvalue weighted by molar-refractivity contribution is 5.95. The van der Waals surface area contributed by atoms with E-state index in [4.69, 9.17) is 4.74 Å². The Hall–Kier alpha value is -3.42. The Labute approximate surface area is 170 Å². The third-order valence-electron chi connectivity index (χ3n) is 4.85. The van der Waals surface area contributed by atoms with E-state index in [0.717, 1.165) is 28.8 Å². The maximum atomic E-state index is 13.2. The van der Waals surface area contributed by atoms with Crippen molar-refractivity contribution in [3.8, 4) is 17.0 Å². The number of halogens is 3. The number of hydrogen-bond acceptors (Lipinski definition) is 4. The van der Waals surface area contributed by atoms with Gasteiger partial charge < -0.3 is 10.1 Å². The van der Waals surface area contributed by atoms with Gasteiger partial charge in [0.05, 0.1) is 29.6 Å². The van der Waals surface area contributed by atoms with E-state index < -0.39 is 23.2 Å². The van der Waals surface area contributed by atoms with Crippen LogP contribution < -0.4 is 10.1 Å². The normalized spacial score (nSPS) is 15.4. The summed E-state index contributed by atoms with van der Waals surface area (Å²) >= 11 is 0. The van der Waals surface area contributed by atoms with Gasteiger partial charge in [0.1, 0.15) is 11.9 Å². The van der Waals surface area contributed by atoms with E-state index in [1.54, 1.807) is 18.6 Å². The summed E-state index contributed by atoms with van der Waals surface area (Å²) in [5, 5.41) is 2.57. The number of ether oxygens (including phenoxy) is 1. The van der Waals surface area contributed by atoms with Crippen molar-refractivity contribution in [2.75, 3.05) is 6.54 Å². The summed E-state index contributed by atoms with van der Waals surface area (Å²) in [4.78, 5) is 20.8. The zero-order valence-corrected chi connectivity index (χ0v) is 16.0. The molecule has 0 radical (unpaired) electrons. The molecule has 0 saturated carbocycles. The van der Waals surface area contributed by atoms with Gasteiger partial charge in [0.25, 0.3) is 5.91 Å². The summed E-state index contributed by atoms with van der Waals surface area (Å²) in [5.74, 6) is -0.121. The van der Waals surface area contributed by atoms with Gasteiger partial charge in [0.15, 0.2) is 0 Å². The fourth-order valence-electron chi connectivity index (χ4n) is 3.56. The van der Waals surface area contributed by atoms with Gasteiger partial charge in [-0.3, -0.25) is 14.8 Å². The smallest absolute Gasteiger partial charge is 0.417 e. The molecule has 3 aromatic rings. The van der Waals surface area contributed by atoms with Gasteiger partial charge in [0, 0.05) is 24.4 Å². The summed E-state index contributed by atoms with van der Waals surface area (Å²) in [5.41, 5.74) is 2.10. The lowest BCUT2D eigenvalue weighted by Crippen LogP contribution is -2.35. The molecule has 154 valence electrons. The number of benzene rings is 2. The van der Waals surface area contributed by atoms with Gasteiger partial charge in [-0.1, -0.05) is 18.2 Å². The topological polar surface area (TPSA) is 64.1 Å². The lowest BCUT2D eigenvalue weighted by atomic mass is 10.0. The molecule has 1 N–H and O–H groups in total.